The second-order valence-corrected chi connectivity index (χ2v) is 6.77. The van der Waals surface area contributed by atoms with E-state index in [9.17, 15) is 14.4 Å². The number of benzene rings is 2. The highest BCUT2D eigenvalue weighted by molar-refractivity contribution is 5.97. The fourth-order valence-electron chi connectivity index (χ4n) is 3.11. The molecule has 0 aliphatic carbocycles. The minimum absolute atomic E-state index is 0.0601. The molecule has 0 saturated carbocycles. The molecule has 1 atom stereocenters. The van der Waals surface area contributed by atoms with E-state index in [1.54, 1.807) is 25.1 Å². The maximum atomic E-state index is 12.9. The molecule has 3 rings (SSSR count). The lowest BCUT2D eigenvalue weighted by Gasteiger charge is -2.18. The van der Waals surface area contributed by atoms with Gasteiger partial charge in [-0.25, -0.2) is 4.79 Å². The Bertz CT molecular complexity index is 1120. The molecular formula is C23H23NO6. The van der Waals surface area contributed by atoms with Gasteiger partial charge in [-0.05, 0) is 31.5 Å². The molecule has 156 valence electrons. The van der Waals surface area contributed by atoms with E-state index in [1.165, 1.54) is 13.2 Å². The van der Waals surface area contributed by atoms with E-state index >= 15 is 0 Å². The number of hydrogen-bond donors (Lipinski definition) is 1. The summed E-state index contributed by atoms with van der Waals surface area (Å²) in [5, 5.41) is 3.31. The average molecular weight is 409 g/mol. The number of rotatable bonds is 7. The Labute approximate surface area is 173 Å². The maximum absolute atomic E-state index is 12.9. The third kappa shape index (κ3) is 4.68. The van der Waals surface area contributed by atoms with Crippen molar-refractivity contribution in [3.8, 4) is 5.75 Å². The molecule has 2 aromatic carbocycles. The average Bonchev–Trinajstić information content (AvgIpc) is 2.73. The molecule has 0 unspecified atom stereocenters. The lowest BCUT2D eigenvalue weighted by Crippen LogP contribution is -2.33. The van der Waals surface area contributed by atoms with Crippen molar-refractivity contribution in [2.24, 2.45) is 0 Å². The third-order valence-electron chi connectivity index (χ3n) is 4.65. The molecule has 0 bridgehead atoms. The van der Waals surface area contributed by atoms with E-state index in [0.29, 0.717) is 11.1 Å². The van der Waals surface area contributed by atoms with Crippen molar-refractivity contribution in [3.63, 3.8) is 0 Å². The fourth-order valence-corrected chi connectivity index (χ4v) is 3.11. The lowest BCUT2D eigenvalue weighted by molar-refractivity contribution is -0.143. The van der Waals surface area contributed by atoms with Gasteiger partial charge in [0.1, 0.15) is 5.56 Å². The summed E-state index contributed by atoms with van der Waals surface area (Å²) in [6, 6.07) is 13.3. The van der Waals surface area contributed by atoms with Crippen molar-refractivity contribution >= 4 is 22.8 Å². The number of carbonyl (C=O) groups is 2. The van der Waals surface area contributed by atoms with Crippen LogP contribution in [0.2, 0.25) is 0 Å². The Morgan fingerprint density at radius 2 is 1.87 bits per heavy atom. The van der Waals surface area contributed by atoms with Crippen molar-refractivity contribution in [2.75, 3.05) is 13.7 Å². The van der Waals surface area contributed by atoms with Gasteiger partial charge in [0.25, 0.3) is 5.91 Å². The van der Waals surface area contributed by atoms with Crippen LogP contribution in [0.25, 0.3) is 11.0 Å². The number of ether oxygens (including phenoxy) is 2. The Morgan fingerprint density at radius 1 is 1.13 bits per heavy atom. The van der Waals surface area contributed by atoms with E-state index in [1.807, 2.05) is 31.2 Å². The molecule has 30 heavy (non-hydrogen) atoms. The van der Waals surface area contributed by atoms with E-state index in [0.717, 1.165) is 11.1 Å². The first-order valence-corrected chi connectivity index (χ1v) is 9.56. The molecule has 1 heterocycles. The highest BCUT2D eigenvalue weighted by Crippen LogP contribution is 2.25. The third-order valence-corrected chi connectivity index (χ3v) is 4.65. The SMILES string of the molecule is CCOC(=O)C[C@H](NC(=O)c1cc2cccc(OC)c2oc1=O)c1ccc(C)cc1. The first-order chi connectivity index (χ1) is 14.4. The second-order valence-electron chi connectivity index (χ2n) is 6.77. The summed E-state index contributed by atoms with van der Waals surface area (Å²) >= 11 is 0. The smallest absolute Gasteiger partial charge is 0.349 e. The molecule has 1 amide bonds. The molecule has 0 aliphatic rings. The quantitative estimate of drug-likeness (QED) is 0.474. The Balaban J connectivity index is 1.93. The van der Waals surface area contributed by atoms with Crippen LogP contribution in [0.3, 0.4) is 0 Å². The zero-order valence-corrected chi connectivity index (χ0v) is 17.1. The van der Waals surface area contributed by atoms with Crippen molar-refractivity contribution in [3.05, 3.63) is 75.6 Å². The van der Waals surface area contributed by atoms with Crippen LogP contribution < -0.4 is 15.7 Å². The topological polar surface area (TPSA) is 94.8 Å². The first-order valence-electron chi connectivity index (χ1n) is 9.56. The van der Waals surface area contributed by atoms with E-state index in [-0.39, 0.29) is 24.2 Å². The van der Waals surface area contributed by atoms with Crippen molar-refractivity contribution < 1.29 is 23.5 Å². The highest BCUT2D eigenvalue weighted by atomic mass is 16.5. The van der Waals surface area contributed by atoms with Crippen LogP contribution in [0.5, 0.6) is 5.75 Å². The predicted octanol–water partition coefficient (Wildman–Crippen LogP) is 3.53. The minimum Gasteiger partial charge on any atom is -0.493 e. The normalized spacial score (nSPS) is 11.7. The molecular weight excluding hydrogens is 386 g/mol. The molecule has 0 saturated heterocycles. The summed E-state index contributed by atoms with van der Waals surface area (Å²) < 4.78 is 15.5. The number of para-hydroxylation sites is 1. The largest absolute Gasteiger partial charge is 0.493 e. The Hall–Kier alpha value is -3.61. The number of amides is 1. The van der Waals surface area contributed by atoms with Gasteiger partial charge in [0.2, 0.25) is 0 Å². The van der Waals surface area contributed by atoms with Gasteiger partial charge in [0.05, 0.1) is 26.2 Å². The summed E-state index contributed by atoms with van der Waals surface area (Å²) in [6.07, 6.45) is -0.0601. The summed E-state index contributed by atoms with van der Waals surface area (Å²) in [4.78, 5) is 37.4. The molecule has 3 aromatic rings. The van der Waals surface area contributed by atoms with Crippen molar-refractivity contribution in [1.82, 2.24) is 5.32 Å². The van der Waals surface area contributed by atoms with E-state index < -0.39 is 23.5 Å². The van der Waals surface area contributed by atoms with Gasteiger partial charge in [-0.3, -0.25) is 9.59 Å². The summed E-state index contributed by atoms with van der Waals surface area (Å²) in [5.74, 6) is -0.682. The number of aryl methyl sites for hydroxylation is 1. The van der Waals surface area contributed by atoms with Gasteiger partial charge < -0.3 is 19.2 Å². The molecule has 0 radical (unpaired) electrons. The Kier molecular flexibility index (Phi) is 6.51. The number of hydrogen-bond acceptors (Lipinski definition) is 6. The van der Waals surface area contributed by atoms with Crippen molar-refractivity contribution in [1.29, 1.82) is 0 Å². The summed E-state index contributed by atoms with van der Waals surface area (Å²) in [6.45, 7) is 3.90. The van der Waals surface area contributed by atoms with Crippen molar-refractivity contribution in [2.45, 2.75) is 26.3 Å². The van der Waals surface area contributed by atoms with E-state index in [4.69, 9.17) is 13.9 Å². The van der Waals surface area contributed by atoms with Crippen LogP contribution in [-0.2, 0) is 9.53 Å². The number of methoxy groups -OCH3 is 1. The molecule has 1 aromatic heterocycles. The summed E-state index contributed by atoms with van der Waals surface area (Å²) in [5.41, 5.74) is 1.10. The fraction of sp³-hybridized carbons (Fsp3) is 0.261. The van der Waals surface area contributed by atoms with Gasteiger partial charge in [0, 0.05) is 5.39 Å². The van der Waals surface area contributed by atoms with Crippen LogP contribution in [0.4, 0.5) is 0 Å². The van der Waals surface area contributed by atoms with Crippen LogP contribution >= 0.6 is 0 Å². The second kappa shape index (κ2) is 9.26. The van der Waals surface area contributed by atoms with Gasteiger partial charge in [-0.2, -0.15) is 0 Å². The monoisotopic (exact) mass is 409 g/mol. The minimum atomic E-state index is -0.789. The molecule has 7 heteroatoms. The highest BCUT2D eigenvalue weighted by Gasteiger charge is 2.23. The van der Waals surface area contributed by atoms with Gasteiger partial charge in [-0.15, -0.1) is 0 Å². The zero-order valence-electron chi connectivity index (χ0n) is 17.1. The van der Waals surface area contributed by atoms with E-state index in [2.05, 4.69) is 5.32 Å². The molecule has 0 aliphatic heterocycles. The first kappa shape index (κ1) is 21.1. The molecule has 0 spiro atoms. The van der Waals surface area contributed by atoms with Crippen LogP contribution in [0.15, 0.2) is 57.7 Å². The molecule has 7 nitrogen and oxygen atoms in total. The van der Waals surface area contributed by atoms with Crippen LogP contribution in [0.1, 0.15) is 40.9 Å². The Morgan fingerprint density at radius 3 is 2.53 bits per heavy atom. The summed E-state index contributed by atoms with van der Waals surface area (Å²) in [7, 11) is 1.47. The molecule has 1 N–H and O–H groups in total. The van der Waals surface area contributed by atoms with Gasteiger partial charge in [-0.1, -0.05) is 42.0 Å². The lowest BCUT2D eigenvalue weighted by atomic mass is 10.0. The number of nitrogens with one attached hydrogen (secondary N) is 1. The van der Waals surface area contributed by atoms with Gasteiger partial charge >= 0.3 is 11.6 Å². The standard InChI is InChI=1S/C23H23NO6/c1-4-29-20(25)13-18(15-10-8-14(2)9-11-15)24-22(26)17-12-16-6-5-7-19(28-3)21(16)30-23(17)27/h5-12,18H,4,13H2,1-3H3,(H,24,26)/t18-/m0/s1. The zero-order chi connectivity index (χ0) is 21.7. The number of esters is 1. The van der Waals surface area contributed by atoms with Gasteiger partial charge in [0.15, 0.2) is 11.3 Å². The predicted molar refractivity (Wildman–Crippen MR) is 112 cm³/mol. The molecule has 0 fully saturated rings. The van der Waals surface area contributed by atoms with Crippen LogP contribution in [0, 0.1) is 6.92 Å². The number of carbonyl (C=O) groups excluding carboxylic acids is 2. The number of fused-ring (bicyclic) bond motifs is 1. The maximum Gasteiger partial charge on any atom is 0.349 e. The van der Waals surface area contributed by atoms with Crippen LogP contribution in [-0.4, -0.2) is 25.6 Å².